The van der Waals surface area contributed by atoms with Crippen molar-refractivity contribution in [3.63, 3.8) is 0 Å². The third kappa shape index (κ3) is 8.98. The first-order chi connectivity index (χ1) is 25.4. The Labute approximate surface area is 319 Å². The zero-order valence-corrected chi connectivity index (χ0v) is 29.7. The zero-order chi connectivity index (χ0) is 35.9. The summed E-state index contributed by atoms with van der Waals surface area (Å²) in [6.07, 6.45) is 0.744. The number of hydrogen-bond acceptors (Lipinski definition) is 2. The molecule has 267 valence electrons. The third-order valence-corrected chi connectivity index (χ3v) is 9.07. The Morgan fingerprint density at radius 1 is 0.415 bits per heavy atom. The average molecular weight is 740 g/mol. The Bertz CT molecular complexity index is 2330. The van der Waals surface area contributed by atoms with Crippen molar-refractivity contribution in [2.75, 3.05) is 0 Å². The predicted octanol–water partition coefficient (Wildman–Crippen LogP) is 12.4. The normalized spacial score (nSPS) is 12.0. The molecule has 0 fully saturated rings. The molecule has 2 atom stereocenters. The van der Waals surface area contributed by atoms with Crippen LogP contribution < -0.4 is 0 Å². The van der Waals surface area contributed by atoms with Crippen LogP contribution in [0.15, 0.2) is 170 Å². The fourth-order valence-corrected chi connectivity index (χ4v) is 6.36. The molecule has 0 aliphatic rings. The molecule has 6 nitrogen and oxygen atoms in total. The van der Waals surface area contributed by atoms with E-state index in [1.54, 1.807) is 0 Å². The van der Waals surface area contributed by atoms with E-state index in [0.717, 1.165) is 54.2 Å². The van der Waals surface area contributed by atoms with Crippen molar-refractivity contribution < 1.29 is 26.7 Å². The van der Waals surface area contributed by atoms with Gasteiger partial charge < -0.3 is 31.7 Å². The number of carbonyl (C=O) groups is 2. The smallest absolute Gasteiger partial charge is 0.0368 e. The molecule has 0 aliphatic heterocycles. The van der Waals surface area contributed by atoms with Crippen molar-refractivity contribution >= 4 is 66.3 Å². The molecular formula is C46H36CuN4O2-4. The standard InChI is InChI=1S/2C23H19N2O.Cu/c2*24-21(13-16-7-2-1-3-8-16)23(26)25-22-12-6-11-19-14-17-9-4-5-10-18(17)15-20(19)22;/h2*1-12,14-15,21,24H,13H2,(H,25,26);/q2*-1;/p-2. The summed E-state index contributed by atoms with van der Waals surface area (Å²) in [5, 5.41) is 17.0. The topological polar surface area (TPSA) is 110 Å². The molecule has 0 aliphatic carbocycles. The average Bonchev–Trinajstić information content (AvgIpc) is 3.17. The summed E-state index contributed by atoms with van der Waals surface area (Å²) >= 11 is 0. The van der Waals surface area contributed by atoms with E-state index in [4.69, 9.17) is 11.5 Å². The molecule has 8 aromatic rings. The first-order valence-corrected chi connectivity index (χ1v) is 17.3. The summed E-state index contributed by atoms with van der Waals surface area (Å²) in [5.74, 6) is -0.816. The van der Waals surface area contributed by atoms with E-state index >= 15 is 0 Å². The van der Waals surface area contributed by atoms with Crippen LogP contribution in [0.5, 0.6) is 0 Å². The van der Waals surface area contributed by atoms with Crippen LogP contribution in [-0.2, 0) is 39.5 Å². The Morgan fingerprint density at radius 3 is 1.11 bits per heavy atom. The predicted molar refractivity (Wildman–Crippen MR) is 215 cm³/mol. The molecule has 0 saturated heterocycles. The second kappa shape index (κ2) is 17.1. The number of carbonyl (C=O) groups excluding carboxylic acids is 2. The minimum absolute atomic E-state index is 0. The number of fused-ring (bicyclic) bond motifs is 4. The summed E-state index contributed by atoms with van der Waals surface area (Å²) in [7, 11) is 0. The Kier molecular flexibility index (Phi) is 11.9. The van der Waals surface area contributed by atoms with Gasteiger partial charge in [0, 0.05) is 28.9 Å². The van der Waals surface area contributed by atoms with Crippen LogP contribution in [-0.4, -0.2) is 23.9 Å². The Hall–Kier alpha value is -5.82. The van der Waals surface area contributed by atoms with E-state index in [2.05, 4.69) is 59.2 Å². The van der Waals surface area contributed by atoms with Gasteiger partial charge in [-0.05, 0) is 91.3 Å². The van der Waals surface area contributed by atoms with Crippen LogP contribution in [0, 0.1) is 0 Å². The van der Waals surface area contributed by atoms with Gasteiger partial charge in [-0.1, -0.05) is 158 Å². The van der Waals surface area contributed by atoms with Gasteiger partial charge in [-0.15, -0.1) is 11.4 Å². The van der Waals surface area contributed by atoms with Crippen LogP contribution in [0.2, 0.25) is 0 Å². The number of benzene rings is 8. The minimum Gasteiger partial charge on any atom is -0.669 e. The molecule has 53 heavy (non-hydrogen) atoms. The molecule has 0 heterocycles. The molecule has 0 aromatic heterocycles. The molecule has 0 saturated carbocycles. The quantitative estimate of drug-likeness (QED) is 0.114. The monoisotopic (exact) mass is 739 g/mol. The number of nitrogens with zero attached hydrogens (tertiary/aromatic N) is 2. The van der Waals surface area contributed by atoms with Crippen LogP contribution in [0.1, 0.15) is 11.1 Å². The fraction of sp³-hybridized carbons (Fsp3) is 0.0870. The van der Waals surface area contributed by atoms with Gasteiger partial charge in [-0.3, -0.25) is 0 Å². The largest absolute Gasteiger partial charge is 0.669 e. The van der Waals surface area contributed by atoms with Crippen LogP contribution >= 0.6 is 0 Å². The van der Waals surface area contributed by atoms with Crippen LogP contribution in [0.25, 0.3) is 65.2 Å². The first kappa shape index (κ1) is 37.0. The zero-order valence-electron chi connectivity index (χ0n) is 28.7. The molecular weight excluding hydrogens is 704 g/mol. The molecule has 0 bridgehead atoms. The van der Waals surface area contributed by atoms with Gasteiger partial charge in [0.15, 0.2) is 0 Å². The van der Waals surface area contributed by atoms with Gasteiger partial charge in [0.2, 0.25) is 0 Å². The van der Waals surface area contributed by atoms with E-state index in [1.807, 2.05) is 121 Å². The molecule has 8 aromatic carbocycles. The van der Waals surface area contributed by atoms with E-state index in [0.29, 0.717) is 24.2 Å². The number of rotatable bonds is 8. The van der Waals surface area contributed by atoms with E-state index in [1.165, 1.54) is 0 Å². The molecule has 8 rings (SSSR count). The molecule has 0 spiro atoms. The minimum atomic E-state index is -0.895. The summed E-state index contributed by atoms with van der Waals surface area (Å²) in [6, 6.07) is 53.6. The second-order valence-corrected chi connectivity index (χ2v) is 12.8. The Balaban J connectivity index is 0.000000178. The van der Waals surface area contributed by atoms with Crippen LogP contribution in [0.3, 0.4) is 0 Å². The van der Waals surface area contributed by atoms with E-state index in [-0.39, 0.29) is 17.1 Å². The number of nitrogens with one attached hydrogen (secondary N) is 2. The summed E-state index contributed by atoms with van der Waals surface area (Å²) < 4.78 is 0. The van der Waals surface area contributed by atoms with Crippen LogP contribution in [0.4, 0.5) is 11.4 Å². The molecule has 7 heteroatoms. The van der Waals surface area contributed by atoms with Crippen molar-refractivity contribution in [2.24, 2.45) is 0 Å². The summed E-state index contributed by atoms with van der Waals surface area (Å²) in [4.78, 5) is 24.9. The maximum atomic E-state index is 12.5. The van der Waals surface area contributed by atoms with Gasteiger partial charge in [0.1, 0.15) is 0 Å². The summed E-state index contributed by atoms with van der Waals surface area (Å²) in [5.41, 5.74) is 19.5. The van der Waals surface area contributed by atoms with Gasteiger partial charge in [-0.2, -0.15) is 0 Å². The van der Waals surface area contributed by atoms with Gasteiger partial charge in [-0.25, -0.2) is 0 Å². The SMILES string of the molecule is [Cu].[NH-]C(Cc1ccccc1)C(=O)[N-]c1cccc2cc3ccccc3cc12.[NH-]C(Cc1ccccc1)C(=O)[N-]c1cccc2cc3ccccc3cc12. The van der Waals surface area contributed by atoms with E-state index < -0.39 is 23.9 Å². The van der Waals surface area contributed by atoms with Crippen molar-refractivity contribution in [2.45, 2.75) is 24.9 Å². The maximum Gasteiger partial charge on any atom is 0.0368 e. The molecule has 2 N–H and O–H groups in total. The number of hydrogen-bond donors (Lipinski definition) is 0. The van der Waals surface area contributed by atoms with Gasteiger partial charge >= 0.3 is 0 Å². The third-order valence-electron chi connectivity index (χ3n) is 9.07. The van der Waals surface area contributed by atoms with E-state index in [9.17, 15) is 9.59 Å². The van der Waals surface area contributed by atoms with Crippen molar-refractivity contribution in [1.82, 2.24) is 0 Å². The summed E-state index contributed by atoms with van der Waals surface area (Å²) in [6.45, 7) is 0. The molecule has 2 unspecified atom stereocenters. The van der Waals surface area contributed by atoms with Gasteiger partial charge in [0.05, 0.1) is 0 Å². The Morgan fingerprint density at radius 2 is 0.736 bits per heavy atom. The molecule has 1 radical (unpaired) electrons. The van der Waals surface area contributed by atoms with Crippen molar-refractivity contribution in [1.29, 1.82) is 0 Å². The second-order valence-electron chi connectivity index (χ2n) is 12.8. The van der Waals surface area contributed by atoms with Crippen molar-refractivity contribution in [3.05, 3.63) is 203 Å². The fourth-order valence-electron chi connectivity index (χ4n) is 6.36. The van der Waals surface area contributed by atoms with Crippen molar-refractivity contribution in [3.8, 4) is 0 Å². The van der Waals surface area contributed by atoms with Gasteiger partial charge in [0.25, 0.3) is 0 Å². The number of amides is 2. The molecule has 2 amide bonds. The first-order valence-electron chi connectivity index (χ1n) is 17.3. The maximum absolute atomic E-state index is 12.5.